The van der Waals surface area contributed by atoms with Crippen molar-refractivity contribution in [2.75, 3.05) is 46.5 Å². The van der Waals surface area contributed by atoms with E-state index in [4.69, 9.17) is 30.5 Å². The minimum Gasteiger partial charge on any atom is -0.495 e. The van der Waals surface area contributed by atoms with Gasteiger partial charge in [-0.05, 0) is 6.92 Å². The summed E-state index contributed by atoms with van der Waals surface area (Å²) in [5, 5.41) is 3.82. The van der Waals surface area contributed by atoms with Gasteiger partial charge in [-0.25, -0.2) is 0 Å². The van der Waals surface area contributed by atoms with Gasteiger partial charge in [0.25, 0.3) is 0 Å². The van der Waals surface area contributed by atoms with E-state index in [0.29, 0.717) is 36.3 Å². The molecule has 0 aromatic heterocycles. The molecular formula is C14H22ClNO4. The Balaban J connectivity index is 2.65. The fraction of sp³-hybridized carbons (Fsp3) is 0.571. The molecule has 5 nitrogen and oxygen atoms in total. The maximum absolute atomic E-state index is 6.06. The third-order valence-corrected chi connectivity index (χ3v) is 2.97. The van der Waals surface area contributed by atoms with Crippen LogP contribution in [-0.2, 0) is 9.47 Å². The molecule has 6 heteroatoms. The summed E-state index contributed by atoms with van der Waals surface area (Å²) in [5.74, 6) is 1.27. The minimum absolute atomic E-state index is 0.117. The molecule has 0 aliphatic rings. The Hall–Kier alpha value is -1.17. The van der Waals surface area contributed by atoms with Crippen LogP contribution >= 0.6 is 11.6 Å². The van der Waals surface area contributed by atoms with E-state index in [1.54, 1.807) is 27.4 Å². The lowest BCUT2D eigenvalue weighted by Crippen LogP contribution is -2.23. The van der Waals surface area contributed by atoms with Gasteiger partial charge in [-0.2, -0.15) is 0 Å². The molecule has 0 fully saturated rings. The van der Waals surface area contributed by atoms with E-state index in [-0.39, 0.29) is 6.04 Å². The Labute approximate surface area is 125 Å². The van der Waals surface area contributed by atoms with E-state index >= 15 is 0 Å². The van der Waals surface area contributed by atoms with Crippen molar-refractivity contribution in [3.63, 3.8) is 0 Å². The van der Waals surface area contributed by atoms with Crippen molar-refractivity contribution in [2.45, 2.75) is 13.0 Å². The van der Waals surface area contributed by atoms with Crippen LogP contribution in [0.15, 0.2) is 12.1 Å². The Morgan fingerprint density at radius 1 is 1.10 bits per heavy atom. The number of nitrogens with one attached hydrogen (secondary N) is 1. The third kappa shape index (κ3) is 5.07. The molecule has 0 spiro atoms. The lowest BCUT2D eigenvalue weighted by Gasteiger charge is -2.19. The lowest BCUT2D eigenvalue weighted by atomic mass is 10.2. The van der Waals surface area contributed by atoms with Crippen LogP contribution in [0.2, 0.25) is 5.02 Å². The van der Waals surface area contributed by atoms with Crippen molar-refractivity contribution >= 4 is 17.3 Å². The minimum atomic E-state index is 0.117. The molecule has 1 aromatic rings. The molecule has 1 rings (SSSR count). The molecule has 0 aliphatic carbocycles. The summed E-state index contributed by atoms with van der Waals surface area (Å²) < 4.78 is 20.9. The molecule has 1 atom stereocenters. The summed E-state index contributed by atoms with van der Waals surface area (Å²) in [4.78, 5) is 0. The van der Waals surface area contributed by atoms with Crippen molar-refractivity contribution in [3.05, 3.63) is 17.2 Å². The summed E-state index contributed by atoms with van der Waals surface area (Å²) >= 11 is 6.06. The van der Waals surface area contributed by atoms with E-state index in [1.807, 2.05) is 13.0 Å². The van der Waals surface area contributed by atoms with E-state index in [0.717, 1.165) is 5.69 Å². The number of hydrogen-bond donors (Lipinski definition) is 1. The summed E-state index contributed by atoms with van der Waals surface area (Å²) in [6.07, 6.45) is 0. The van der Waals surface area contributed by atoms with Gasteiger partial charge in [0.2, 0.25) is 0 Å². The average Bonchev–Trinajstić information content (AvgIpc) is 2.45. The molecule has 1 aromatic carbocycles. The van der Waals surface area contributed by atoms with Crippen molar-refractivity contribution in [1.82, 2.24) is 0 Å². The van der Waals surface area contributed by atoms with Gasteiger partial charge in [-0.15, -0.1) is 0 Å². The molecule has 0 radical (unpaired) electrons. The highest BCUT2D eigenvalue weighted by Gasteiger charge is 2.12. The first kappa shape index (κ1) is 16.9. The molecule has 1 unspecified atom stereocenters. The molecule has 1 N–H and O–H groups in total. The normalized spacial score (nSPS) is 12.1. The van der Waals surface area contributed by atoms with Crippen LogP contribution in [-0.4, -0.2) is 47.2 Å². The Bertz CT molecular complexity index is 414. The third-order valence-electron chi connectivity index (χ3n) is 2.68. The largest absolute Gasteiger partial charge is 0.495 e. The zero-order valence-electron chi connectivity index (χ0n) is 12.4. The molecule has 0 saturated carbocycles. The van der Waals surface area contributed by atoms with E-state index in [1.165, 1.54) is 0 Å². The number of anilines is 1. The number of hydrogen-bond acceptors (Lipinski definition) is 5. The van der Waals surface area contributed by atoms with Gasteiger partial charge in [0.1, 0.15) is 11.5 Å². The molecule has 0 heterocycles. The Morgan fingerprint density at radius 2 is 1.80 bits per heavy atom. The van der Waals surface area contributed by atoms with Gasteiger partial charge in [0.15, 0.2) is 0 Å². The summed E-state index contributed by atoms with van der Waals surface area (Å²) in [6, 6.07) is 3.65. The highest BCUT2D eigenvalue weighted by Crippen LogP contribution is 2.36. The molecule has 0 bridgehead atoms. The fourth-order valence-electron chi connectivity index (χ4n) is 1.68. The number of halogens is 1. The number of benzene rings is 1. The van der Waals surface area contributed by atoms with Gasteiger partial charge in [-0.3, -0.25) is 0 Å². The average molecular weight is 304 g/mol. The van der Waals surface area contributed by atoms with Crippen LogP contribution < -0.4 is 14.8 Å². The van der Waals surface area contributed by atoms with Crippen molar-refractivity contribution in [2.24, 2.45) is 0 Å². The van der Waals surface area contributed by atoms with E-state index in [9.17, 15) is 0 Å². The highest BCUT2D eigenvalue weighted by atomic mass is 35.5. The van der Waals surface area contributed by atoms with Crippen molar-refractivity contribution in [3.8, 4) is 11.5 Å². The molecule has 0 saturated heterocycles. The first-order valence-corrected chi connectivity index (χ1v) is 6.74. The topological polar surface area (TPSA) is 49.0 Å². The monoisotopic (exact) mass is 303 g/mol. The second-order valence-electron chi connectivity index (χ2n) is 4.30. The first-order chi connectivity index (χ1) is 9.62. The predicted molar refractivity (Wildman–Crippen MR) is 80.3 cm³/mol. The number of ether oxygens (including phenoxy) is 4. The van der Waals surface area contributed by atoms with Crippen LogP contribution in [0, 0.1) is 0 Å². The summed E-state index contributed by atoms with van der Waals surface area (Å²) in [5.41, 5.74) is 0.816. The van der Waals surface area contributed by atoms with E-state index < -0.39 is 0 Å². The van der Waals surface area contributed by atoms with Crippen molar-refractivity contribution in [1.29, 1.82) is 0 Å². The summed E-state index contributed by atoms with van der Waals surface area (Å²) in [6.45, 7) is 3.75. The van der Waals surface area contributed by atoms with Crippen LogP contribution in [0.5, 0.6) is 11.5 Å². The lowest BCUT2D eigenvalue weighted by molar-refractivity contribution is 0.0676. The van der Waals surface area contributed by atoms with Crippen molar-refractivity contribution < 1.29 is 18.9 Å². The standard InChI is InChI=1S/C14H22ClNO4/c1-10(9-20-6-5-17-2)16-12-8-13(18-3)11(15)7-14(12)19-4/h7-8,10,16H,5-6,9H2,1-4H3. The zero-order valence-corrected chi connectivity index (χ0v) is 13.1. The van der Waals surface area contributed by atoms with E-state index in [2.05, 4.69) is 5.32 Å². The second-order valence-corrected chi connectivity index (χ2v) is 4.71. The molecule has 0 amide bonds. The quantitative estimate of drug-likeness (QED) is 0.711. The Morgan fingerprint density at radius 3 is 2.40 bits per heavy atom. The van der Waals surface area contributed by atoms with Gasteiger partial charge in [0, 0.05) is 25.3 Å². The summed E-state index contributed by atoms with van der Waals surface area (Å²) in [7, 11) is 4.83. The first-order valence-electron chi connectivity index (χ1n) is 6.37. The van der Waals surface area contributed by atoms with Crippen LogP contribution in [0.3, 0.4) is 0 Å². The van der Waals surface area contributed by atoms with Gasteiger partial charge >= 0.3 is 0 Å². The SMILES string of the molecule is COCCOCC(C)Nc1cc(OC)c(Cl)cc1OC. The van der Waals surface area contributed by atoms with Gasteiger partial charge in [0.05, 0.1) is 44.8 Å². The molecule has 114 valence electrons. The molecule has 20 heavy (non-hydrogen) atoms. The molecule has 0 aliphatic heterocycles. The number of methoxy groups -OCH3 is 3. The second kappa shape index (κ2) is 8.89. The maximum atomic E-state index is 6.06. The predicted octanol–water partition coefficient (Wildman–Crippen LogP) is 2.82. The van der Waals surface area contributed by atoms with Crippen LogP contribution in [0.4, 0.5) is 5.69 Å². The number of rotatable bonds is 9. The molecular weight excluding hydrogens is 282 g/mol. The smallest absolute Gasteiger partial charge is 0.143 e. The Kier molecular flexibility index (Phi) is 7.51. The van der Waals surface area contributed by atoms with Gasteiger partial charge < -0.3 is 24.3 Å². The highest BCUT2D eigenvalue weighted by molar-refractivity contribution is 6.32. The van der Waals surface area contributed by atoms with Gasteiger partial charge in [-0.1, -0.05) is 11.6 Å². The zero-order chi connectivity index (χ0) is 15.0. The fourth-order valence-corrected chi connectivity index (χ4v) is 1.91. The maximum Gasteiger partial charge on any atom is 0.143 e. The van der Waals surface area contributed by atoms with Crippen LogP contribution in [0.1, 0.15) is 6.92 Å². The van der Waals surface area contributed by atoms with Crippen LogP contribution in [0.25, 0.3) is 0 Å².